The van der Waals surface area contributed by atoms with Crippen LogP contribution in [0.5, 0.6) is 5.75 Å². The molecule has 0 radical (unpaired) electrons. The van der Waals surface area contributed by atoms with Gasteiger partial charge in [-0.25, -0.2) is 4.98 Å². The van der Waals surface area contributed by atoms with Crippen LogP contribution >= 0.6 is 22.9 Å². The summed E-state index contributed by atoms with van der Waals surface area (Å²) in [6, 6.07) is 11.0. The molecule has 1 atom stereocenters. The van der Waals surface area contributed by atoms with Crippen LogP contribution in [0.4, 0.5) is 5.69 Å². The summed E-state index contributed by atoms with van der Waals surface area (Å²) in [7, 11) is 0. The van der Waals surface area contributed by atoms with Crippen LogP contribution in [0.3, 0.4) is 0 Å². The predicted molar refractivity (Wildman–Crippen MR) is 118 cm³/mol. The van der Waals surface area contributed by atoms with Crippen LogP contribution in [-0.2, 0) is 4.79 Å². The molecule has 2 N–H and O–H groups in total. The minimum Gasteiger partial charge on any atom is -0.505 e. The number of carbonyl (C=O) groups is 1. The van der Waals surface area contributed by atoms with E-state index in [1.54, 1.807) is 12.1 Å². The lowest BCUT2D eigenvalue weighted by Crippen LogP contribution is -2.19. The lowest BCUT2D eigenvalue weighted by molar-refractivity contribution is -0.117. The van der Waals surface area contributed by atoms with Gasteiger partial charge in [0.2, 0.25) is 5.91 Å². The van der Waals surface area contributed by atoms with Gasteiger partial charge in [0.15, 0.2) is 0 Å². The lowest BCUT2D eigenvalue weighted by atomic mass is 9.84. The topological polar surface area (TPSA) is 62.2 Å². The number of amides is 1. The lowest BCUT2D eigenvalue weighted by Gasteiger charge is -2.23. The highest BCUT2D eigenvalue weighted by Gasteiger charge is 2.20. The van der Waals surface area contributed by atoms with Crippen molar-refractivity contribution in [1.29, 1.82) is 0 Å². The third-order valence-corrected chi connectivity index (χ3v) is 5.66. The molecule has 0 aliphatic heterocycles. The number of nitrogens with one attached hydrogen (secondary N) is 1. The van der Waals surface area contributed by atoms with Gasteiger partial charge in [-0.05, 0) is 42.0 Å². The standard InChI is InChI=1S/C22H25ClN2O2S/c1-13(12-22(2,3)4)9-19(26)24-17-11-14(23)10-15(20(17)27)21-25-16-7-5-6-8-18(16)28-21/h5-8,10-11,13,27H,9,12H2,1-4H3,(H,24,26). The van der Waals surface area contributed by atoms with E-state index in [1.165, 1.54) is 11.3 Å². The number of hydrogen-bond acceptors (Lipinski definition) is 4. The maximum absolute atomic E-state index is 12.5. The van der Waals surface area contributed by atoms with E-state index in [1.807, 2.05) is 24.3 Å². The molecule has 2 aromatic carbocycles. The summed E-state index contributed by atoms with van der Waals surface area (Å²) in [6.45, 7) is 8.55. The van der Waals surface area contributed by atoms with E-state index in [0.29, 0.717) is 27.7 Å². The Balaban J connectivity index is 1.84. The number of phenols is 1. The molecule has 1 unspecified atom stereocenters. The largest absolute Gasteiger partial charge is 0.505 e. The van der Waals surface area contributed by atoms with Crippen LogP contribution in [0.25, 0.3) is 20.8 Å². The van der Waals surface area contributed by atoms with Gasteiger partial charge in [-0.1, -0.05) is 51.4 Å². The third kappa shape index (κ3) is 5.03. The van der Waals surface area contributed by atoms with Crippen molar-refractivity contribution in [3.63, 3.8) is 0 Å². The summed E-state index contributed by atoms with van der Waals surface area (Å²) in [5.74, 6) is 0.0925. The van der Waals surface area contributed by atoms with Crippen molar-refractivity contribution >= 4 is 44.7 Å². The van der Waals surface area contributed by atoms with Crippen molar-refractivity contribution in [2.75, 3.05) is 5.32 Å². The van der Waals surface area contributed by atoms with Crippen molar-refractivity contribution in [3.05, 3.63) is 41.4 Å². The normalized spacial score (nSPS) is 12.9. The molecule has 0 saturated carbocycles. The number of para-hydroxylation sites is 1. The van der Waals surface area contributed by atoms with Gasteiger partial charge < -0.3 is 10.4 Å². The van der Waals surface area contributed by atoms with E-state index >= 15 is 0 Å². The van der Waals surface area contributed by atoms with Crippen molar-refractivity contribution in [2.24, 2.45) is 11.3 Å². The van der Waals surface area contributed by atoms with Gasteiger partial charge in [-0.2, -0.15) is 0 Å². The number of hydrogen-bond donors (Lipinski definition) is 2. The zero-order valence-electron chi connectivity index (χ0n) is 16.5. The van der Waals surface area contributed by atoms with E-state index in [2.05, 4.69) is 38.0 Å². The fraction of sp³-hybridized carbons (Fsp3) is 0.364. The van der Waals surface area contributed by atoms with E-state index in [0.717, 1.165) is 16.6 Å². The number of rotatable bonds is 5. The van der Waals surface area contributed by atoms with Crippen LogP contribution in [0.2, 0.25) is 5.02 Å². The van der Waals surface area contributed by atoms with Gasteiger partial charge in [-0.15, -0.1) is 11.3 Å². The van der Waals surface area contributed by atoms with Crippen molar-refractivity contribution in [2.45, 2.75) is 40.5 Å². The minimum atomic E-state index is -0.135. The summed E-state index contributed by atoms with van der Waals surface area (Å²) in [5, 5.41) is 14.7. The summed E-state index contributed by atoms with van der Waals surface area (Å²) in [4.78, 5) is 17.1. The Morgan fingerprint density at radius 1 is 1.29 bits per heavy atom. The Kier molecular flexibility index (Phi) is 5.96. The number of aromatic nitrogens is 1. The highest BCUT2D eigenvalue weighted by molar-refractivity contribution is 7.21. The zero-order chi connectivity index (χ0) is 20.5. The molecule has 3 rings (SSSR count). The van der Waals surface area contributed by atoms with Crippen LogP contribution in [0.15, 0.2) is 36.4 Å². The monoisotopic (exact) mass is 416 g/mol. The van der Waals surface area contributed by atoms with Gasteiger partial charge in [0.05, 0.1) is 21.5 Å². The predicted octanol–water partition coefficient (Wildman–Crippen LogP) is 6.72. The molecular formula is C22H25ClN2O2S. The average Bonchev–Trinajstić information content (AvgIpc) is 2.99. The number of anilines is 1. The molecule has 4 nitrogen and oxygen atoms in total. The quantitative estimate of drug-likeness (QED) is 0.453. The maximum Gasteiger partial charge on any atom is 0.224 e. The molecule has 148 valence electrons. The molecule has 6 heteroatoms. The Morgan fingerprint density at radius 2 is 2.00 bits per heavy atom. The van der Waals surface area contributed by atoms with Gasteiger partial charge in [0, 0.05) is 11.4 Å². The fourth-order valence-electron chi connectivity index (χ4n) is 3.48. The van der Waals surface area contributed by atoms with Gasteiger partial charge in [0.1, 0.15) is 10.8 Å². The van der Waals surface area contributed by atoms with Gasteiger partial charge in [-0.3, -0.25) is 4.79 Å². The van der Waals surface area contributed by atoms with Gasteiger partial charge >= 0.3 is 0 Å². The molecular weight excluding hydrogens is 392 g/mol. The summed E-state index contributed by atoms with van der Waals surface area (Å²) in [6.07, 6.45) is 1.33. The zero-order valence-corrected chi connectivity index (χ0v) is 18.1. The summed E-state index contributed by atoms with van der Waals surface area (Å²) >= 11 is 7.74. The van der Waals surface area contributed by atoms with Crippen LogP contribution < -0.4 is 5.32 Å². The Morgan fingerprint density at radius 3 is 2.68 bits per heavy atom. The second-order valence-corrected chi connectivity index (χ2v) is 9.93. The Labute approximate surface area is 174 Å². The van der Waals surface area contributed by atoms with Crippen LogP contribution in [-0.4, -0.2) is 16.0 Å². The smallest absolute Gasteiger partial charge is 0.224 e. The average molecular weight is 417 g/mol. The van der Waals surface area contributed by atoms with Crippen molar-refractivity contribution < 1.29 is 9.90 Å². The van der Waals surface area contributed by atoms with E-state index in [4.69, 9.17) is 11.6 Å². The molecule has 0 bridgehead atoms. The number of carbonyl (C=O) groups excluding carboxylic acids is 1. The summed E-state index contributed by atoms with van der Waals surface area (Å²) < 4.78 is 1.03. The highest BCUT2D eigenvalue weighted by atomic mass is 35.5. The molecule has 3 aromatic rings. The first-order valence-electron chi connectivity index (χ1n) is 9.31. The molecule has 0 aliphatic rings. The SMILES string of the molecule is CC(CC(=O)Nc1cc(Cl)cc(-c2nc3ccccc3s2)c1O)CC(C)(C)C. The molecule has 1 aromatic heterocycles. The first-order chi connectivity index (χ1) is 13.1. The number of aromatic hydroxyl groups is 1. The first kappa shape index (κ1) is 20.6. The van der Waals surface area contributed by atoms with Crippen LogP contribution in [0.1, 0.15) is 40.5 Å². The van der Waals surface area contributed by atoms with Crippen molar-refractivity contribution in [3.8, 4) is 16.3 Å². The Hall–Kier alpha value is -2.11. The third-order valence-electron chi connectivity index (χ3n) is 4.37. The molecule has 0 aliphatic carbocycles. The Bertz CT molecular complexity index is 974. The first-order valence-corrected chi connectivity index (χ1v) is 10.5. The highest BCUT2D eigenvalue weighted by Crippen LogP contribution is 2.41. The number of nitrogens with zero attached hydrogens (tertiary/aromatic N) is 1. The van der Waals surface area contributed by atoms with Gasteiger partial charge in [0.25, 0.3) is 0 Å². The molecule has 0 spiro atoms. The van der Waals surface area contributed by atoms with E-state index < -0.39 is 0 Å². The number of fused-ring (bicyclic) bond motifs is 1. The number of benzene rings is 2. The van der Waals surface area contributed by atoms with E-state index in [-0.39, 0.29) is 23.0 Å². The number of phenolic OH excluding ortho intramolecular Hbond substituents is 1. The molecule has 28 heavy (non-hydrogen) atoms. The number of halogens is 1. The van der Waals surface area contributed by atoms with Crippen molar-refractivity contribution in [1.82, 2.24) is 4.98 Å². The fourth-order valence-corrected chi connectivity index (χ4v) is 4.68. The molecule has 0 saturated heterocycles. The number of thiazole rings is 1. The van der Waals surface area contributed by atoms with Crippen LogP contribution in [0, 0.1) is 11.3 Å². The molecule has 1 heterocycles. The second-order valence-electron chi connectivity index (χ2n) is 8.46. The summed E-state index contributed by atoms with van der Waals surface area (Å²) in [5.41, 5.74) is 1.86. The minimum absolute atomic E-state index is 0.0136. The maximum atomic E-state index is 12.5. The second kappa shape index (κ2) is 8.10. The molecule has 0 fully saturated rings. The van der Waals surface area contributed by atoms with E-state index in [9.17, 15) is 9.90 Å². The molecule has 1 amide bonds.